The number of hydrogen-bond acceptors (Lipinski definition) is 5. The van der Waals surface area contributed by atoms with Crippen molar-refractivity contribution in [3.05, 3.63) is 30.3 Å². The lowest BCUT2D eigenvalue weighted by molar-refractivity contribution is 0.250. The molecule has 0 heterocycles. The van der Waals surface area contributed by atoms with Crippen LogP contribution < -0.4 is 4.52 Å². The molecule has 0 saturated heterocycles. The molecule has 17 heavy (non-hydrogen) atoms. The van der Waals surface area contributed by atoms with E-state index in [9.17, 15) is 18.8 Å². The normalized spacial score (nSPS) is 17.8. The number of hydrogen-bond donors (Lipinski definition) is 2. The minimum absolute atomic E-state index is 0.0669. The van der Waals surface area contributed by atoms with Gasteiger partial charge in [-0.05, 0) is 12.1 Å². The van der Waals surface area contributed by atoms with E-state index in [-0.39, 0.29) is 5.75 Å². The van der Waals surface area contributed by atoms with Gasteiger partial charge in [-0.2, -0.15) is 0 Å². The van der Waals surface area contributed by atoms with Gasteiger partial charge in [0.15, 0.2) is 0 Å². The molecule has 1 aromatic rings. The van der Waals surface area contributed by atoms with Gasteiger partial charge in [0.2, 0.25) is 0 Å². The summed E-state index contributed by atoms with van der Waals surface area (Å²) in [6.45, 7) is 0. The number of para-hydroxylation sites is 1. The molecular formula is C8H10O7P2. The molecule has 2 N–H and O–H groups in total. The van der Waals surface area contributed by atoms with Crippen LogP contribution >= 0.6 is 15.2 Å². The molecule has 2 unspecified atom stereocenters. The second kappa shape index (κ2) is 5.12. The molecule has 9 heteroatoms. The van der Waals surface area contributed by atoms with Crippen LogP contribution in [0.1, 0.15) is 0 Å². The van der Waals surface area contributed by atoms with Gasteiger partial charge in [0.1, 0.15) is 5.75 Å². The molecule has 1 aromatic carbocycles. The van der Waals surface area contributed by atoms with Crippen LogP contribution in [0.3, 0.4) is 0 Å². The highest BCUT2D eigenvalue weighted by Crippen LogP contribution is 2.60. The molecule has 0 bridgehead atoms. The van der Waals surface area contributed by atoms with Crippen LogP contribution in [-0.4, -0.2) is 22.2 Å². The van der Waals surface area contributed by atoms with Gasteiger partial charge in [0.25, 0.3) is 0 Å². The Morgan fingerprint density at radius 1 is 1.12 bits per heavy atom. The molecular weight excluding hydrogens is 270 g/mol. The van der Waals surface area contributed by atoms with E-state index in [1.807, 2.05) is 0 Å². The number of benzene rings is 1. The summed E-state index contributed by atoms with van der Waals surface area (Å²) < 4.78 is 31.0. The molecule has 1 rings (SSSR count). The quantitative estimate of drug-likeness (QED) is 0.795. The molecule has 94 valence electrons. The number of carbonyl (C=O) groups excluding carboxylic acids is 1. The van der Waals surface area contributed by atoms with Crippen molar-refractivity contribution in [3.63, 3.8) is 0 Å². The molecule has 0 aliphatic heterocycles. The van der Waals surface area contributed by atoms with Crippen molar-refractivity contribution in [1.82, 2.24) is 0 Å². The Morgan fingerprint density at radius 3 is 2.12 bits per heavy atom. The van der Waals surface area contributed by atoms with E-state index in [1.165, 1.54) is 24.3 Å². The lowest BCUT2D eigenvalue weighted by Gasteiger charge is -2.13. The van der Waals surface area contributed by atoms with E-state index >= 15 is 0 Å². The van der Waals surface area contributed by atoms with E-state index in [2.05, 4.69) is 9.05 Å². The van der Waals surface area contributed by atoms with Crippen molar-refractivity contribution in [2.75, 3.05) is 7.11 Å². The second-order valence-electron chi connectivity index (χ2n) is 2.91. The van der Waals surface area contributed by atoms with E-state index in [4.69, 9.17) is 4.89 Å². The Labute approximate surface area is 97.1 Å². The van der Waals surface area contributed by atoms with Crippen LogP contribution in [0, 0.1) is 0 Å². The van der Waals surface area contributed by atoms with Crippen LogP contribution in [0.2, 0.25) is 0 Å². The SMILES string of the molecule is COP(=O)(O)C(=O)P(=O)(O)Oc1ccccc1. The Morgan fingerprint density at radius 2 is 1.65 bits per heavy atom. The monoisotopic (exact) mass is 280 g/mol. The summed E-state index contributed by atoms with van der Waals surface area (Å²) in [4.78, 5) is 29.5. The van der Waals surface area contributed by atoms with Crippen molar-refractivity contribution in [2.24, 2.45) is 0 Å². The summed E-state index contributed by atoms with van der Waals surface area (Å²) in [5.41, 5.74) is 0. The lowest BCUT2D eigenvalue weighted by atomic mass is 10.3. The third-order valence-electron chi connectivity index (χ3n) is 1.70. The highest BCUT2D eigenvalue weighted by Gasteiger charge is 2.46. The molecule has 2 atom stereocenters. The first kappa shape index (κ1) is 14.1. The minimum Gasteiger partial charge on any atom is -0.419 e. The average molecular weight is 280 g/mol. The maximum Gasteiger partial charge on any atom is 0.456 e. The molecule has 0 aliphatic carbocycles. The topological polar surface area (TPSA) is 110 Å². The van der Waals surface area contributed by atoms with Crippen molar-refractivity contribution in [3.8, 4) is 5.75 Å². The minimum atomic E-state index is -4.92. The highest BCUT2D eigenvalue weighted by atomic mass is 31.2. The fourth-order valence-electron chi connectivity index (χ4n) is 0.901. The first-order valence-corrected chi connectivity index (χ1v) is 7.46. The Kier molecular flexibility index (Phi) is 4.25. The van der Waals surface area contributed by atoms with Crippen LogP contribution in [0.5, 0.6) is 5.75 Å². The zero-order valence-electron chi connectivity index (χ0n) is 8.72. The standard InChI is InChI=1S/C8H10O7P2/c1-14-16(10,11)8(9)17(12,13)15-7-5-3-2-4-6-7/h2-6H,1H3,(H,10,11)(H,12,13). The van der Waals surface area contributed by atoms with E-state index in [0.717, 1.165) is 7.11 Å². The molecule has 0 aromatic heterocycles. The van der Waals surface area contributed by atoms with Gasteiger partial charge in [-0.1, -0.05) is 18.2 Å². The molecule has 0 radical (unpaired) electrons. The summed E-state index contributed by atoms with van der Waals surface area (Å²) >= 11 is 0. The summed E-state index contributed by atoms with van der Waals surface area (Å²) in [6, 6.07) is 7.29. The van der Waals surface area contributed by atoms with Crippen molar-refractivity contribution in [1.29, 1.82) is 0 Å². The predicted octanol–water partition coefficient (Wildman–Crippen LogP) is 2.20. The molecule has 0 spiro atoms. The van der Waals surface area contributed by atoms with Crippen molar-refractivity contribution < 1.29 is 32.8 Å². The van der Waals surface area contributed by atoms with Gasteiger partial charge in [-0.15, -0.1) is 0 Å². The smallest absolute Gasteiger partial charge is 0.419 e. The maximum absolute atomic E-state index is 11.5. The Bertz CT molecular complexity index is 498. The van der Waals surface area contributed by atoms with Gasteiger partial charge in [0, 0.05) is 7.11 Å². The van der Waals surface area contributed by atoms with E-state index in [0.29, 0.717) is 0 Å². The summed E-state index contributed by atoms with van der Waals surface area (Å²) in [7, 11) is -8.94. The van der Waals surface area contributed by atoms with Gasteiger partial charge < -0.3 is 18.8 Å². The average Bonchev–Trinajstić information content (AvgIpc) is 2.28. The second-order valence-corrected chi connectivity index (χ2v) is 6.70. The zero-order valence-corrected chi connectivity index (χ0v) is 10.5. The number of carbonyl (C=O) groups is 1. The fraction of sp³-hybridized carbons (Fsp3) is 0.125. The maximum atomic E-state index is 11.5. The van der Waals surface area contributed by atoms with Crippen molar-refractivity contribution in [2.45, 2.75) is 0 Å². The highest BCUT2D eigenvalue weighted by molar-refractivity contribution is 7.97. The van der Waals surface area contributed by atoms with E-state index < -0.39 is 20.5 Å². The van der Waals surface area contributed by atoms with Gasteiger partial charge in [0.05, 0.1) is 0 Å². The van der Waals surface area contributed by atoms with Crippen LogP contribution in [0.4, 0.5) is 4.79 Å². The third kappa shape index (κ3) is 3.49. The summed E-state index contributed by atoms with van der Waals surface area (Å²) in [5, 5.41) is -1.86. The summed E-state index contributed by atoms with van der Waals surface area (Å²) in [6.07, 6.45) is 0. The fourth-order valence-corrected chi connectivity index (χ4v) is 3.19. The van der Waals surface area contributed by atoms with Crippen LogP contribution in [0.25, 0.3) is 0 Å². The van der Waals surface area contributed by atoms with Gasteiger partial charge >= 0.3 is 20.5 Å². The first-order chi connectivity index (χ1) is 7.79. The zero-order chi connectivity index (χ0) is 13.1. The van der Waals surface area contributed by atoms with Crippen LogP contribution in [0.15, 0.2) is 30.3 Å². The Hall–Kier alpha value is -0.970. The number of rotatable bonds is 5. The van der Waals surface area contributed by atoms with Gasteiger partial charge in [-0.25, -0.2) is 4.57 Å². The largest absolute Gasteiger partial charge is 0.456 e. The summed E-state index contributed by atoms with van der Waals surface area (Å²) in [5.74, 6) is -0.0669. The first-order valence-electron chi connectivity index (χ1n) is 4.30. The van der Waals surface area contributed by atoms with E-state index in [1.54, 1.807) is 6.07 Å². The third-order valence-corrected chi connectivity index (χ3v) is 5.14. The predicted molar refractivity (Wildman–Crippen MR) is 59.1 cm³/mol. The lowest BCUT2D eigenvalue weighted by Crippen LogP contribution is -2.05. The Balaban J connectivity index is 2.94. The molecule has 0 saturated carbocycles. The molecule has 7 nitrogen and oxygen atoms in total. The van der Waals surface area contributed by atoms with Crippen molar-refractivity contribution >= 4 is 20.5 Å². The molecule has 0 aliphatic rings. The molecule has 0 fully saturated rings. The van der Waals surface area contributed by atoms with Gasteiger partial charge in [-0.3, -0.25) is 9.36 Å². The van der Waals surface area contributed by atoms with Crippen LogP contribution in [-0.2, 0) is 13.7 Å². The molecule has 0 amide bonds.